The molecule has 6 nitrogen and oxygen atoms in total. The van der Waals surface area contributed by atoms with Crippen LogP contribution in [0.4, 0.5) is 0 Å². The zero-order chi connectivity index (χ0) is 15.9. The van der Waals surface area contributed by atoms with Crippen LogP contribution >= 0.6 is 0 Å². The van der Waals surface area contributed by atoms with Gasteiger partial charge < -0.3 is 14.4 Å². The van der Waals surface area contributed by atoms with Gasteiger partial charge >= 0.3 is 0 Å². The predicted octanol–water partition coefficient (Wildman–Crippen LogP) is 2.22. The van der Waals surface area contributed by atoms with Gasteiger partial charge in [-0.15, -0.1) is 0 Å². The highest BCUT2D eigenvalue weighted by molar-refractivity contribution is 5.92. The Morgan fingerprint density at radius 2 is 2.23 bits per heavy atom. The predicted molar refractivity (Wildman–Crippen MR) is 81.7 cm³/mol. The van der Waals surface area contributed by atoms with E-state index in [1.807, 2.05) is 33.9 Å². The van der Waals surface area contributed by atoms with Crippen LogP contribution in [0, 0.1) is 6.92 Å². The number of aryl methyl sites for hydroxylation is 2. The molecule has 118 valence electrons. The molecule has 1 N–H and O–H groups in total. The molecule has 3 rings (SSSR count). The van der Waals surface area contributed by atoms with Crippen LogP contribution in [0.2, 0.25) is 0 Å². The monoisotopic (exact) mass is 302 g/mol. The maximum Gasteiger partial charge on any atom is 0.273 e. The molecule has 2 aromatic rings. The van der Waals surface area contributed by atoms with Crippen molar-refractivity contribution in [3.63, 3.8) is 0 Å². The number of nitrogens with one attached hydrogen (secondary N) is 1. The lowest BCUT2D eigenvalue weighted by Gasteiger charge is -2.24. The van der Waals surface area contributed by atoms with Crippen molar-refractivity contribution in [2.75, 3.05) is 0 Å². The van der Waals surface area contributed by atoms with E-state index in [0.717, 1.165) is 30.9 Å². The van der Waals surface area contributed by atoms with E-state index in [2.05, 4.69) is 20.0 Å². The first-order valence-electron chi connectivity index (χ1n) is 7.63. The number of hydrogen-bond donors (Lipinski definition) is 1. The summed E-state index contributed by atoms with van der Waals surface area (Å²) in [5.41, 5.74) is 1.21. The summed E-state index contributed by atoms with van der Waals surface area (Å²) in [5, 5.41) is 6.93. The zero-order valence-corrected chi connectivity index (χ0v) is 13.5. The van der Waals surface area contributed by atoms with Gasteiger partial charge in [-0.1, -0.05) is 25.9 Å². The molecule has 1 atom stereocenters. The zero-order valence-electron chi connectivity index (χ0n) is 13.5. The molecule has 2 aromatic heterocycles. The number of fused-ring (bicyclic) bond motifs is 1. The van der Waals surface area contributed by atoms with E-state index in [4.69, 9.17) is 4.52 Å². The second-order valence-corrected chi connectivity index (χ2v) is 6.99. The molecule has 0 bridgehead atoms. The fraction of sp³-hybridized carbons (Fsp3) is 0.562. The molecule has 0 saturated carbocycles. The molecule has 0 aliphatic carbocycles. The molecule has 1 amide bonds. The normalized spacial score (nSPS) is 18.1. The maximum atomic E-state index is 12.3. The first kappa shape index (κ1) is 14.8. The van der Waals surface area contributed by atoms with Crippen LogP contribution in [0.3, 0.4) is 0 Å². The maximum absolute atomic E-state index is 12.3. The number of carbonyl (C=O) groups is 1. The smallest absolute Gasteiger partial charge is 0.273 e. The van der Waals surface area contributed by atoms with Gasteiger partial charge in [-0.2, -0.15) is 0 Å². The van der Waals surface area contributed by atoms with E-state index < -0.39 is 0 Å². The van der Waals surface area contributed by atoms with Crippen LogP contribution in [0.25, 0.3) is 0 Å². The number of rotatable bonds is 2. The van der Waals surface area contributed by atoms with Crippen molar-refractivity contribution in [1.82, 2.24) is 20.0 Å². The standard InChI is InChI=1S/C16H22N4O2/c1-10-8-20-9-11(5-6-14(20)17-10)18-15(21)12-7-13(22-19-12)16(2,3)4/h7-8,11H,5-6,9H2,1-4H3,(H,18,21). The quantitative estimate of drug-likeness (QED) is 0.923. The number of hydrogen-bond acceptors (Lipinski definition) is 4. The molecule has 3 heterocycles. The SMILES string of the molecule is Cc1cn2c(n1)CCC(NC(=O)c1cc(C(C)(C)C)on1)C2. The summed E-state index contributed by atoms with van der Waals surface area (Å²) in [7, 11) is 0. The van der Waals surface area contributed by atoms with Crippen molar-refractivity contribution >= 4 is 5.91 Å². The van der Waals surface area contributed by atoms with E-state index >= 15 is 0 Å². The lowest BCUT2D eigenvalue weighted by molar-refractivity contribution is 0.0918. The van der Waals surface area contributed by atoms with Gasteiger partial charge in [0.25, 0.3) is 5.91 Å². The number of nitrogens with zero attached hydrogens (tertiary/aromatic N) is 3. The van der Waals surface area contributed by atoms with E-state index in [0.29, 0.717) is 11.5 Å². The van der Waals surface area contributed by atoms with Crippen LogP contribution in [0.1, 0.15) is 55.0 Å². The van der Waals surface area contributed by atoms with Gasteiger partial charge in [-0.25, -0.2) is 4.98 Å². The first-order valence-corrected chi connectivity index (χ1v) is 7.63. The Morgan fingerprint density at radius 3 is 2.91 bits per heavy atom. The number of aromatic nitrogens is 3. The number of amides is 1. The summed E-state index contributed by atoms with van der Waals surface area (Å²) >= 11 is 0. The number of carbonyl (C=O) groups excluding carboxylic acids is 1. The van der Waals surface area contributed by atoms with Crippen LogP contribution in [0.5, 0.6) is 0 Å². The first-order chi connectivity index (χ1) is 10.3. The van der Waals surface area contributed by atoms with Crippen molar-refractivity contribution in [2.45, 2.75) is 58.5 Å². The Balaban J connectivity index is 1.66. The van der Waals surface area contributed by atoms with Crippen molar-refractivity contribution < 1.29 is 9.32 Å². The summed E-state index contributed by atoms with van der Waals surface area (Å²) in [6.07, 6.45) is 3.80. The Morgan fingerprint density at radius 1 is 1.45 bits per heavy atom. The third kappa shape index (κ3) is 2.91. The molecule has 1 unspecified atom stereocenters. The average Bonchev–Trinajstić information content (AvgIpc) is 3.02. The molecule has 0 spiro atoms. The summed E-state index contributed by atoms with van der Waals surface area (Å²) in [6, 6.07) is 1.83. The Labute approximate surface area is 129 Å². The van der Waals surface area contributed by atoms with Crippen LogP contribution < -0.4 is 5.32 Å². The summed E-state index contributed by atoms with van der Waals surface area (Å²) in [6.45, 7) is 8.83. The van der Waals surface area contributed by atoms with Gasteiger partial charge in [0.15, 0.2) is 5.69 Å². The highest BCUT2D eigenvalue weighted by Gasteiger charge is 2.25. The molecule has 0 fully saturated rings. The van der Waals surface area contributed by atoms with E-state index in [1.54, 1.807) is 6.07 Å². The Hall–Kier alpha value is -2.11. The highest BCUT2D eigenvalue weighted by atomic mass is 16.5. The van der Waals surface area contributed by atoms with E-state index in [9.17, 15) is 4.79 Å². The van der Waals surface area contributed by atoms with E-state index in [-0.39, 0.29) is 17.4 Å². The lowest BCUT2D eigenvalue weighted by Crippen LogP contribution is -2.41. The highest BCUT2D eigenvalue weighted by Crippen LogP contribution is 2.23. The lowest BCUT2D eigenvalue weighted by atomic mass is 9.93. The topological polar surface area (TPSA) is 73.0 Å². The molecular formula is C16H22N4O2. The van der Waals surface area contributed by atoms with Crippen molar-refractivity contribution in [2.24, 2.45) is 0 Å². The summed E-state index contributed by atoms with van der Waals surface area (Å²) in [5.74, 6) is 1.64. The number of imidazole rings is 1. The van der Waals surface area contributed by atoms with Gasteiger partial charge in [0, 0.05) is 36.7 Å². The summed E-state index contributed by atoms with van der Waals surface area (Å²) in [4.78, 5) is 16.8. The second kappa shape index (κ2) is 5.26. The molecule has 0 radical (unpaired) electrons. The van der Waals surface area contributed by atoms with Gasteiger partial charge in [0.1, 0.15) is 11.6 Å². The van der Waals surface area contributed by atoms with Gasteiger partial charge in [-0.05, 0) is 13.3 Å². The molecule has 6 heteroatoms. The largest absolute Gasteiger partial charge is 0.360 e. The Kier molecular flexibility index (Phi) is 3.54. The molecular weight excluding hydrogens is 280 g/mol. The van der Waals surface area contributed by atoms with Gasteiger partial charge in [0.2, 0.25) is 0 Å². The fourth-order valence-electron chi connectivity index (χ4n) is 2.70. The second-order valence-electron chi connectivity index (χ2n) is 6.99. The van der Waals surface area contributed by atoms with Crippen LogP contribution in [-0.4, -0.2) is 26.7 Å². The molecule has 22 heavy (non-hydrogen) atoms. The van der Waals surface area contributed by atoms with Gasteiger partial charge in [-0.3, -0.25) is 4.79 Å². The van der Waals surface area contributed by atoms with Crippen molar-refractivity contribution in [3.05, 3.63) is 35.2 Å². The molecule has 1 aliphatic heterocycles. The third-order valence-electron chi connectivity index (χ3n) is 3.93. The van der Waals surface area contributed by atoms with Crippen LogP contribution in [0.15, 0.2) is 16.8 Å². The van der Waals surface area contributed by atoms with E-state index in [1.165, 1.54) is 0 Å². The average molecular weight is 302 g/mol. The minimum Gasteiger partial charge on any atom is -0.360 e. The van der Waals surface area contributed by atoms with Crippen molar-refractivity contribution in [1.29, 1.82) is 0 Å². The fourth-order valence-corrected chi connectivity index (χ4v) is 2.70. The molecule has 0 saturated heterocycles. The minimum absolute atomic E-state index is 0.100. The minimum atomic E-state index is -0.176. The van der Waals surface area contributed by atoms with Crippen LogP contribution in [-0.2, 0) is 18.4 Å². The molecule has 0 aromatic carbocycles. The summed E-state index contributed by atoms with van der Waals surface area (Å²) < 4.78 is 7.39. The van der Waals surface area contributed by atoms with Gasteiger partial charge in [0.05, 0.1) is 5.69 Å². The third-order valence-corrected chi connectivity index (χ3v) is 3.93. The van der Waals surface area contributed by atoms with Crippen molar-refractivity contribution in [3.8, 4) is 0 Å². The Bertz CT molecular complexity index is 693. The molecule has 1 aliphatic rings.